The quantitative estimate of drug-likeness (QED) is 0.764. The Morgan fingerprint density at radius 1 is 1.62 bits per heavy atom. The summed E-state index contributed by atoms with van der Waals surface area (Å²) < 4.78 is 1.96. The van der Waals surface area contributed by atoms with E-state index >= 15 is 0 Å². The van der Waals surface area contributed by atoms with Gasteiger partial charge in [-0.05, 0) is 32.3 Å². The number of Topliss-reactive ketones (excluding diaryl/α,β-unsaturated/α-hetero) is 1. The van der Waals surface area contributed by atoms with Gasteiger partial charge in [0.2, 0.25) is 0 Å². The first-order valence-corrected chi connectivity index (χ1v) is 6.27. The molecular weight excluding hydrogens is 200 g/mol. The highest BCUT2D eigenvalue weighted by atomic mass is 16.1. The molecule has 1 heterocycles. The van der Waals surface area contributed by atoms with Crippen molar-refractivity contribution < 1.29 is 4.79 Å². The van der Waals surface area contributed by atoms with E-state index in [4.69, 9.17) is 0 Å². The zero-order valence-electron chi connectivity index (χ0n) is 10.1. The molecular formula is C13H20N2O. The number of ketones is 1. The highest BCUT2D eigenvalue weighted by Gasteiger charge is 2.25. The van der Waals surface area contributed by atoms with Gasteiger partial charge >= 0.3 is 0 Å². The van der Waals surface area contributed by atoms with E-state index < -0.39 is 0 Å². The van der Waals surface area contributed by atoms with Crippen LogP contribution in [-0.4, -0.2) is 15.6 Å². The molecule has 1 aromatic rings. The van der Waals surface area contributed by atoms with Crippen molar-refractivity contribution in [2.24, 2.45) is 5.92 Å². The summed E-state index contributed by atoms with van der Waals surface area (Å²) in [4.78, 5) is 11.8. The Kier molecular flexibility index (Phi) is 3.42. The van der Waals surface area contributed by atoms with Crippen molar-refractivity contribution in [1.29, 1.82) is 0 Å². The van der Waals surface area contributed by atoms with Crippen LogP contribution in [0.2, 0.25) is 0 Å². The fourth-order valence-corrected chi connectivity index (χ4v) is 1.96. The summed E-state index contributed by atoms with van der Waals surface area (Å²) >= 11 is 0. The van der Waals surface area contributed by atoms with Gasteiger partial charge in [-0.15, -0.1) is 0 Å². The van der Waals surface area contributed by atoms with Crippen LogP contribution in [0.25, 0.3) is 0 Å². The molecule has 3 heteroatoms. The Labute approximate surface area is 96.8 Å². The van der Waals surface area contributed by atoms with Crippen LogP contribution in [0.1, 0.15) is 51.3 Å². The van der Waals surface area contributed by atoms with Crippen molar-refractivity contribution in [3.63, 3.8) is 0 Å². The summed E-state index contributed by atoms with van der Waals surface area (Å²) in [6.45, 7) is 4.29. The lowest BCUT2D eigenvalue weighted by molar-refractivity contribution is -0.124. The summed E-state index contributed by atoms with van der Waals surface area (Å²) in [5.74, 6) is 0.703. The van der Waals surface area contributed by atoms with Gasteiger partial charge in [-0.1, -0.05) is 13.3 Å². The molecule has 0 radical (unpaired) electrons. The molecule has 1 aliphatic carbocycles. The van der Waals surface area contributed by atoms with E-state index in [2.05, 4.69) is 18.9 Å². The minimum Gasteiger partial charge on any atom is -0.299 e. The predicted octanol–water partition coefficient (Wildman–Crippen LogP) is 2.77. The standard InChI is InChI=1S/C13H20N2O/c1-3-10(2)15-8-7-12(14-15)9-13(16)11-5-4-6-11/h7-8,10-11H,3-6,9H2,1-2H3. The molecule has 0 spiro atoms. The molecule has 0 N–H and O–H groups in total. The van der Waals surface area contributed by atoms with Crippen molar-refractivity contribution in [2.45, 2.75) is 52.0 Å². The smallest absolute Gasteiger partial charge is 0.141 e. The summed E-state index contributed by atoms with van der Waals surface area (Å²) in [6.07, 6.45) is 6.97. The third-order valence-electron chi connectivity index (χ3n) is 3.62. The Balaban J connectivity index is 1.94. The molecule has 1 atom stereocenters. The maximum Gasteiger partial charge on any atom is 0.141 e. The second kappa shape index (κ2) is 4.81. The summed E-state index contributed by atoms with van der Waals surface area (Å²) in [6, 6.07) is 2.40. The minimum absolute atomic E-state index is 0.328. The maximum atomic E-state index is 11.8. The van der Waals surface area contributed by atoms with Crippen LogP contribution in [0.5, 0.6) is 0 Å². The van der Waals surface area contributed by atoms with Gasteiger partial charge in [0.1, 0.15) is 5.78 Å². The number of hydrogen-bond donors (Lipinski definition) is 0. The van der Waals surface area contributed by atoms with Crippen LogP contribution >= 0.6 is 0 Å². The number of hydrogen-bond acceptors (Lipinski definition) is 2. The van der Waals surface area contributed by atoms with Gasteiger partial charge in [0.05, 0.1) is 12.1 Å². The molecule has 0 aliphatic heterocycles. The van der Waals surface area contributed by atoms with Gasteiger partial charge in [0.15, 0.2) is 0 Å². The number of aromatic nitrogens is 2. The van der Waals surface area contributed by atoms with Crippen LogP contribution in [0.3, 0.4) is 0 Å². The fourth-order valence-electron chi connectivity index (χ4n) is 1.96. The molecule has 2 rings (SSSR count). The highest BCUT2D eigenvalue weighted by Crippen LogP contribution is 2.28. The van der Waals surface area contributed by atoms with Crippen LogP contribution in [0.15, 0.2) is 12.3 Å². The molecule has 3 nitrogen and oxygen atoms in total. The number of nitrogens with zero attached hydrogens (tertiary/aromatic N) is 2. The molecule has 0 aromatic carbocycles. The molecule has 0 bridgehead atoms. The SMILES string of the molecule is CCC(C)n1ccc(CC(=O)C2CCC2)n1. The topological polar surface area (TPSA) is 34.9 Å². The Morgan fingerprint density at radius 3 is 2.94 bits per heavy atom. The van der Waals surface area contributed by atoms with Gasteiger partial charge in [0, 0.05) is 18.2 Å². The Hall–Kier alpha value is -1.12. The third-order valence-corrected chi connectivity index (χ3v) is 3.62. The van der Waals surface area contributed by atoms with Crippen molar-refractivity contribution in [1.82, 2.24) is 9.78 Å². The van der Waals surface area contributed by atoms with E-state index in [1.807, 2.05) is 16.9 Å². The lowest BCUT2D eigenvalue weighted by Gasteiger charge is -2.23. The first-order chi connectivity index (χ1) is 7.70. The first-order valence-electron chi connectivity index (χ1n) is 6.27. The molecule has 1 unspecified atom stereocenters. The van der Waals surface area contributed by atoms with Gasteiger partial charge in [0.25, 0.3) is 0 Å². The van der Waals surface area contributed by atoms with Crippen LogP contribution in [0.4, 0.5) is 0 Å². The molecule has 0 saturated heterocycles. The largest absolute Gasteiger partial charge is 0.299 e. The normalized spacial score (nSPS) is 18.1. The van der Waals surface area contributed by atoms with Crippen molar-refractivity contribution in [2.75, 3.05) is 0 Å². The van der Waals surface area contributed by atoms with E-state index in [-0.39, 0.29) is 0 Å². The van der Waals surface area contributed by atoms with E-state index in [1.54, 1.807) is 0 Å². The van der Waals surface area contributed by atoms with Gasteiger partial charge in [-0.3, -0.25) is 9.48 Å². The monoisotopic (exact) mass is 220 g/mol. The summed E-state index contributed by atoms with van der Waals surface area (Å²) in [7, 11) is 0. The minimum atomic E-state index is 0.328. The molecule has 16 heavy (non-hydrogen) atoms. The molecule has 1 aliphatic rings. The van der Waals surface area contributed by atoms with Crippen LogP contribution in [0, 0.1) is 5.92 Å². The van der Waals surface area contributed by atoms with E-state index in [0.29, 0.717) is 24.2 Å². The molecule has 0 amide bonds. The lowest BCUT2D eigenvalue weighted by Crippen LogP contribution is -2.23. The number of carbonyl (C=O) groups excluding carboxylic acids is 1. The molecule has 1 aromatic heterocycles. The third kappa shape index (κ3) is 2.34. The van der Waals surface area contributed by atoms with E-state index in [1.165, 1.54) is 6.42 Å². The van der Waals surface area contributed by atoms with Crippen molar-refractivity contribution in [3.05, 3.63) is 18.0 Å². The Morgan fingerprint density at radius 2 is 2.38 bits per heavy atom. The van der Waals surface area contributed by atoms with E-state index in [9.17, 15) is 4.79 Å². The average Bonchev–Trinajstić information content (AvgIpc) is 2.62. The Bertz CT molecular complexity index is 366. The van der Waals surface area contributed by atoms with Crippen LogP contribution < -0.4 is 0 Å². The number of rotatable bonds is 5. The summed E-state index contributed by atoms with van der Waals surface area (Å²) in [5.41, 5.74) is 0.928. The average molecular weight is 220 g/mol. The van der Waals surface area contributed by atoms with E-state index in [0.717, 1.165) is 25.0 Å². The molecule has 1 saturated carbocycles. The first kappa shape index (κ1) is 11.4. The second-order valence-electron chi connectivity index (χ2n) is 4.82. The summed E-state index contributed by atoms with van der Waals surface area (Å²) in [5, 5.41) is 4.46. The number of carbonyl (C=O) groups is 1. The fraction of sp³-hybridized carbons (Fsp3) is 0.692. The molecule has 88 valence electrons. The molecule has 1 fully saturated rings. The van der Waals surface area contributed by atoms with Gasteiger partial charge < -0.3 is 0 Å². The zero-order chi connectivity index (χ0) is 11.5. The van der Waals surface area contributed by atoms with Crippen LogP contribution in [-0.2, 0) is 11.2 Å². The van der Waals surface area contributed by atoms with Gasteiger partial charge in [-0.2, -0.15) is 5.10 Å². The maximum absolute atomic E-state index is 11.8. The van der Waals surface area contributed by atoms with Gasteiger partial charge in [-0.25, -0.2) is 0 Å². The predicted molar refractivity (Wildman–Crippen MR) is 63.3 cm³/mol. The zero-order valence-corrected chi connectivity index (χ0v) is 10.1. The second-order valence-corrected chi connectivity index (χ2v) is 4.82. The van der Waals surface area contributed by atoms with Crippen molar-refractivity contribution >= 4 is 5.78 Å². The van der Waals surface area contributed by atoms with Crippen molar-refractivity contribution in [3.8, 4) is 0 Å². The highest BCUT2D eigenvalue weighted by molar-refractivity contribution is 5.83. The lowest BCUT2D eigenvalue weighted by atomic mass is 9.81.